The molecule has 0 N–H and O–H groups in total. The zero-order valence-corrected chi connectivity index (χ0v) is 28.7. The van der Waals surface area contributed by atoms with Crippen LogP contribution < -0.4 is 0 Å². The van der Waals surface area contributed by atoms with Crippen molar-refractivity contribution in [2.75, 3.05) is 0 Å². The van der Waals surface area contributed by atoms with Crippen molar-refractivity contribution in [3.8, 4) is 67.5 Å². The Morgan fingerprint density at radius 1 is 0.296 bits per heavy atom. The summed E-state index contributed by atoms with van der Waals surface area (Å²) >= 11 is 0. The van der Waals surface area contributed by atoms with Gasteiger partial charge in [0, 0.05) is 38.2 Å². The van der Waals surface area contributed by atoms with Crippen LogP contribution in [0.4, 0.5) is 0 Å². The summed E-state index contributed by atoms with van der Waals surface area (Å²) in [6.45, 7) is 0. The topological polar surface area (TPSA) is 65.0 Å². The number of hydrogen-bond acceptors (Lipinski definition) is 5. The Morgan fingerprint density at radius 3 is 1.67 bits per heavy atom. The number of aromatic nitrogens is 3. The molecule has 0 atom stereocenters. The molecule has 3 heterocycles. The number of fused-ring (bicyclic) bond motifs is 9. The van der Waals surface area contributed by atoms with E-state index in [0.29, 0.717) is 17.5 Å². The molecular formula is C49H27N3O2. The van der Waals surface area contributed by atoms with Gasteiger partial charge in [-0.25, -0.2) is 15.0 Å². The minimum Gasteiger partial charge on any atom is -0.456 e. The Kier molecular flexibility index (Phi) is 5.99. The van der Waals surface area contributed by atoms with Crippen molar-refractivity contribution in [3.63, 3.8) is 0 Å². The van der Waals surface area contributed by atoms with E-state index in [0.717, 1.165) is 71.7 Å². The summed E-state index contributed by atoms with van der Waals surface area (Å²) in [5, 5.41) is 6.87. The lowest BCUT2D eigenvalue weighted by atomic mass is 9.97. The molecule has 0 saturated carbocycles. The molecule has 0 radical (unpaired) electrons. The van der Waals surface area contributed by atoms with Gasteiger partial charge in [-0.2, -0.15) is 0 Å². The SMILES string of the molecule is c1cc(-c2nc(-c3ccc4c(c3)-c3cccc5cccc-4c35)nc(-c3ccc4c(c3)oc3ccccc34)n2)cc(-c2cccc3oc4ccccc4c23)c1. The largest absolute Gasteiger partial charge is 0.456 e. The molecule has 54 heavy (non-hydrogen) atoms. The molecule has 8 aromatic carbocycles. The summed E-state index contributed by atoms with van der Waals surface area (Å²) in [6.07, 6.45) is 0. The van der Waals surface area contributed by atoms with Crippen LogP contribution in [0.15, 0.2) is 173 Å². The van der Waals surface area contributed by atoms with Gasteiger partial charge in [-0.05, 0) is 86.6 Å². The lowest BCUT2D eigenvalue weighted by Crippen LogP contribution is -2.00. The van der Waals surface area contributed by atoms with Gasteiger partial charge in [-0.15, -0.1) is 0 Å². The van der Waals surface area contributed by atoms with E-state index < -0.39 is 0 Å². The highest BCUT2D eigenvalue weighted by molar-refractivity contribution is 6.16. The molecule has 0 fully saturated rings. The Balaban J connectivity index is 1.05. The lowest BCUT2D eigenvalue weighted by molar-refractivity contribution is 0.668. The van der Waals surface area contributed by atoms with Crippen LogP contribution in [0.25, 0.3) is 122 Å². The monoisotopic (exact) mass is 689 g/mol. The fraction of sp³-hybridized carbons (Fsp3) is 0. The number of furan rings is 2. The maximum atomic E-state index is 6.30. The third-order valence-corrected chi connectivity index (χ3v) is 10.9. The molecule has 12 rings (SSSR count). The standard InChI is InChI=1S/C49H27N3O2/c1-3-18-41-35(13-1)36-24-22-32(27-44(36)54-41)49-51-47(30-12-5-11-29(25-30)33-15-8-20-43-46(33)39-14-2-4-19-42(39)53-43)50-48(52-49)31-21-23-34-37-16-6-9-28-10-7-17-38(45(28)37)40(34)26-31/h1-27H. The molecule has 0 amide bonds. The molecule has 5 nitrogen and oxygen atoms in total. The molecule has 3 aromatic heterocycles. The average molecular weight is 690 g/mol. The zero-order valence-electron chi connectivity index (χ0n) is 28.7. The second kappa shape index (κ2) is 11.1. The van der Waals surface area contributed by atoms with E-state index in [1.807, 2.05) is 48.5 Å². The number of hydrogen-bond donors (Lipinski definition) is 0. The van der Waals surface area contributed by atoms with Crippen molar-refractivity contribution in [1.82, 2.24) is 15.0 Å². The van der Waals surface area contributed by atoms with Gasteiger partial charge in [0.15, 0.2) is 17.5 Å². The molecule has 5 heteroatoms. The van der Waals surface area contributed by atoms with E-state index in [-0.39, 0.29) is 0 Å². The Morgan fingerprint density at radius 2 is 0.852 bits per heavy atom. The van der Waals surface area contributed by atoms with Gasteiger partial charge in [0.05, 0.1) is 0 Å². The van der Waals surface area contributed by atoms with Gasteiger partial charge in [0.25, 0.3) is 0 Å². The minimum absolute atomic E-state index is 0.580. The van der Waals surface area contributed by atoms with Crippen LogP contribution in [0.5, 0.6) is 0 Å². The van der Waals surface area contributed by atoms with Crippen molar-refractivity contribution in [2.24, 2.45) is 0 Å². The van der Waals surface area contributed by atoms with Gasteiger partial charge in [-0.3, -0.25) is 0 Å². The van der Waals surface area contributed by atoms with Crippen LogP contribution in [-0.4, -0.2) is 15.0 Å². The van der Waals surface area contributed by atoms with Crippen molar-refractivity contribution in [1.29, 1.82) is 0 Å². The number of nitrogens with zero attached hydrogens (tertiary/aromatic N) is 3. The summed E-state index contributed by atoms with van der Waals surface area (Å²) < 4.78 is 12.5. The predicted octanol–water partition coefficient (Wildman–Crippen LogP) is 13.1. The Labute approximate surface area is 308 Å². The molecule has 0 aliphatic heterocycles. The van der Waals surface area contributed by atoms with E-state index >= 15 is 0 Å². The Bertz CT molecular complexity index is 3350. The van der Waals surface area contributed by atoms with E-state index in [9.17, 15) is 0 Å². The molecule has 0 bridgehead atoms. The predicted molar refractivity (Wildman–Crippen MR) is 218 cm³/mol. The third kappa shape index (κ3) is 4.30. The number of rotatable bonds is 4. The van der Waals surface area contributed by atoms with E-state index in [1.165, 1.54) is 33.0 Å². The summed E-state index contributed by atoms with van der Waals surface area (Å²) in [5.41, 5.74) is 13.1. The van der Waals surface area contributed by atoms with Crippen LogP contribution in [0.2, 0.25) is 0 Å². The lowest BCUT2D eigenvalue weighted by Gasteiger charge is -2.11. The van der Waals surface area contributed by atoms with Crippen molar-refractivity contribution >= 4 is 54.6 Å². The van der Waals surface area contributed by atoms with Gasteiger partial charge in [0.1, 0.15) is 22.3 Å². The molecule has 1 aliphatic rings. The first-order valence-corrected chi connectivity index (χ1v) is 18.1. The summed E-state index contributed by atoms with van der Waals surface area (Å²) in [6, 6.07) is 56.9. The number of benzene rings is 8. The fourth-order valence-electron chi connectivity index (χ4n) is 8.40. The first-order valence-electron chi connectivity index (χ1n) is 18.1. The highest BCUT2D eigenvalue weighted by Crippen LogP contribution is 2.48. The van der Waals surface area contributed by atoms with Crippen LogP contribution in [0.1, 0.15) is 0 Å². The second-order valence-corrected chi connectivity index (χ2v) is 13.9. The van der Waals surface area contributed by atoms with E-state index in [4.69, 9.17) is 23.8 Å². The second-order valence-electron chi connectivity index (χ2n) is 13.9. The molecular weight excluding hydrogens is 663 g/mol. The normalized spacial score (nSPS) is 12.1. The van der Waals surface area contributed by atoms with Crippen molar-refractivity contribution < 1.29 is 8.83 Å². The van der Waals surface area contributed by atoms with Crippen molar-refractivity contribution in [3.05, 3.63) is 164 Å². The quantitative estimate of drug-likeness (QED) is 0.184. The molecule has 0 spiro atoms. The minimum atomic E-state index is 0.580. The maximum absolute atomic E-state index is 6.30. The van der Waals surface area contributed by atoms with Crippen LogP contribution in [0.3, 0.4) is 0 Å². The van der Waals surface area contributed by atoms with E-state index in [1.54, 1.807) is 0 Å². The van der Waals surface area contributed by atoms with Crippen molar-refractivity contribution in [2.45, 2.75) is 0 Å². The number of para-hydroxylation sites is 2. The zero-order chi connectivity index (χ0) is 35.3. The van der Waals surface area contributed by atoms with Gasteiger partial charge in [0.2, 0.25) is 0 Å². The van der Waals surface area contributed by atoms with Gasteiger partial charge >= 0.3 is 0 Å². The van der Waals surface area contributed by atoms with Gasteiger partial charge < -0.3 is 8.83 Å². The molecule has 1 aliphatic carbocycles. The highest BCUT2D eigenvalue weighted by Gasteiger charge is 2.23. The molecule has 250 valence electrons. The smallest absolute Gasteiger partial charge is 0.164 e. The fourth-order valence-corrected chi connectivity index (χ4v) is 8.40. The van der Waals surface area contributed by atoms with Crippen LogP contribution in [0, 0.1) is 0 Å². The maximum Gasteiger partial charge on any atom is 0.164 e. The van der Waals surface area contributed by atoms with Crippen LogP contribution >= 0.6 is 0 Å². The van der Waals surface area contributed by atoms with E-state index in [2.05, 4.69) is 115 Å². The summed E-state index contributed by atoms with van der Waals surface area (Å²) in [4.78, 5) is 15.5. The average Bonchev–Trinajstić information content (AvgIpc) is 3.91. The third-order valence-electron chi connectivity index (χ3n) is 10.9. The first-order chi connectivity index (χ1) is 26.7. The molecule has 0 saturated heterocycles. The highest BCUT2D eigenvalue weighted by atomic mass is 16.3. The van der Waals surface area contributed by atoms with Crippen LogP contribution in [-0.2, 0) is 0 Å². The first kappa shape index (κ1) is 29.2. The molecule has 0 unspecified atom stereocenters. The summed E-state index contributed by atoms with van der Waals surface area (Å²) in [5.74, 6) is 1.78. The van der Waals surface area contributed by atoms with Gasteiger partial charge in [-0.1, -0.05) is 121 Å². The Hall–Kier alpha value is -7.37. The summed E-state index contributed by atoms with van der Waals surface area (Å²) in [7, 11) is 0. The molecule has 11 aromatic rings.